The van der Waals surface area contributed by atoms with Crippen LogP contribution < -0.4 is 0 Å². The molecule has 0 aliphatic heterocycles. The number of hydrogen-bond donors (Lipinski definition) is 2. The number of unbranched alkanes of at least 4 members (excludes halogenated alkanes) is 2. The van der Waals surface area contributed by atoms with E-state index in [4.69, 9.17) is 0 Å². The summed E-state index contributed by atoms with van der Waals surface area (Å²) in [7, 11) is 0. The first-order chi connectivity index (χ1) is 7.65. The Morgan fingerprint density at radius 1 is 1.31 bits per heavy atom. The zero-order valence-electron chi connectivity index (χ0n) is 9.13. The van der Waals surface area contributed by atoms with Gasteiger partial charge in [0.05, 0.1) is 0 Å². The van der Waals surface area contributed by atoms with Crippen molar-refractivity contribution < 1.29 is 15.0 Å². The zero-order valence-corrected chi connectivity index (χ0v) is 9.13. The molecule has 0 saturated heterocycles. The van der Waals surface area contributed by atoms with Crippen molar-refractivity contribution in [2.24, 2.45) is 10.3 Å². The van der Waals surface area contributed by atoms with E-state index < -0.39 is 0 Å². The van der Waals surface area contributed by atoms with E-state index in [9.17, 15) is 15.0 Å². The second kappa shape index (κ2) is 5.89. The number of nitrogens with zero attached hydrogens (tertiary/aromatic N) is 3. The lowest BCUT2D eigenvalue weighted by Gasteiger charge is -1.96. The molecule has 88 valence electrons. The molecule has 0 radical (unpaired) electrons. The Bertz CT molecular complexity index is 365. The minimum atomic E-state index is -0.360. The molecule has 0 bridgehead atoms. The van der Waals surface area contributed by atoms with Crippen LogP contribution in [0.15, 0.2) is 22.5 Å². The summed E-state index contributed by atoms with van der Waals surface area (Å²) in [6, 6.07) is 2.52. The largest absolute Gasteiger partial charge is 0.493 e. The van der Waals surface area contributed by atoms with Gasteiger partial charge in [-0.2, -0.15) is 0 Å². The highest BCUT2D eigenvalue weighted by atomic mass is 16.3. The molecule has 6 nitrogen and oxygen atoms in total. The highest BCUT2D eigenvalue weighted by Gasteiger charge is 2.05. The van der Waals surface area contributed by atoms with Crippen LogP contribution in [0.5, 0.6) is 11.8 Å². The zero-order chi connectivity index (χ0) is 12.0. The normalized spacial score (nSPS) is 11.1. The van der Waals surface area contributed by atoms with Gasteiger partial charge in [0.15, 0.2) is 0 Å². The molecule has 0 aliphatic rings. The Hall–Kier alpha value is -1.85. The number of amides is 1. The molecule has 0 saturated carbocycles. The number of aromatic nitrogens is 1. The standard InChI is InChI=1S/C10H15N3O3/c1-2-3-4-5-8(14)11-12-13-9(15)6-7-10(13)16/h6-7,15-16H,2-5H2,1H3. The van der Waals surface area contributed by atoms with E-state index in [1.165, 1.54) is 12.1 Å². The fourth-order valence-corrected chi connectivity index (χ4v) is 1.17. The average Bonchev–Trinajstić information content (AvgIpc) is 2.57. The number of aromatic hydroxyl groups is 2. The fourth-order valence-electron chi connectivity index (χ4n) is 1.17. The Morgan fingerprint density at radius 3 is 2.50 bits per heavy atom. The van der Waals surface area contributed by atoms with Crippen LogP contribution in [0.2, 0.25) is 0 Å². The molecule has 6 heteroatoms. The molecular weight excluding hydrogens is 210 g/mol. The smallest absolute Gasteiger partial charge is 0.266 e. The van der Waals surface area contributed by atoms with Gasteiger partial charge in [0.2, 0.25) is 11.8 Å². The molecule has 0 fully saturated rings. The first-order valence-electron chi connectivity index (χ1n) is 5.19. The molecule has 0 aromatic carbocycles. The summed E-state index contributed by atoms with van der Waals surface area (Å²) < 4.78 is 0.789. The molecule has 0 spiro atoms. The van der Waals surface area contributed by atoms with Crippen LogP contribution in [-0.4, -0.2) is 20.8 Å². The van der Waals surface area contributed by atoms with Crippen LogP contribution in [0.4, 0.5) is 0 Å². The molecule has 1 heterocycles. The van der Waals surface area contributed by atoms with Crippen LogP contribution in [-0.2, 0) is 4.79 Å². The van der Waals surface area contributed by atoms with E-state index in [1.807, 2.05) is 6.92 Å². The Balaban J connectivity index is 2.50. The van der Waals surface area contributed by atoms with Crippen molar-refractivity contribution in [3.05, 3.63) is 12.1 Å². The van der Waals surface area contributed by atoms with Crippen molar-refractivity contribution in [2.45, 2.75) is 32.6 Å². The average molecular weight is 225 g/mol. The van der Waals surface area contributed by atoms with Crippen LogP contribution in [0.3, 0.4) is 0 Å². The summed E-state index contributed by atoms with van der Waals surface area (Å²) in [4.78, 5) is 11.2. The third kappa shape index (κ3) is 3.38. The molecular formula is C10H15N3O3. The van der Waals surface area contributed by atoms with Gasteiger partial charge in [0.1, 0.15) is 0 Å². The van der Waals surface area contributed by atoms with Gasteiger partial charge < -0.3 is 10.2 Å². The lowest BCUT2D eigenvalue weighted by atomic mass is 10.2. The number of rotatable bonds is 5. The van der Waals surface area contributed by atoms with Gasteiger partial charge in [0.25, 0.3) is 5.91 Å². The van der Waals surface area contributed by atoms with E-state index in [-0.39, 0.29) is 17.7 Å². The molecule has 1 rings (SSSR count). The summed E-state index contributed by atoms with van der Waals surface area (Å²) in [5, 5.41) is 25.2. The minimum Gasteiger partial charge on any atom is -0.493 e. The van der Waals surface area contributed by atoms with E-state index in [0.29, 0.717) is 6.42 Å². The molecule has 1 aromatic rings. The SMILES string of the molecule is CCCCCC(=O)N=Nn1c(O)ccc1O. The molecule has 2 N–H and O–H groups in total. The summed E-state index contributed by atoms with van der Waals surface area (Å²) in [6.45, 7) is 2.04. The molecule has 1 amide bonds. The van der Waals surface area contributed by atoms with Crippen molar-refractivity contribution in [1.29, 1.82) is 0 Å². The third-order valence-corrected chi connectivity index (χ3v) is 2.06. The second-order valence-electron chi connectivity index (χ2n) is 3.40. The van der Waals surface area contributed by atoms with Gasteiger partial charge in [-0.3, -0.25) is 4.79 Å². The van der Waals surface area contributed by atoms with Crippen LogP contribution in [0.1, 0.15) is 32.6 Å². The molecule has 0 unspecified atom stereocenters. The number of carbonyl (C=O) groups is 1. The highest BCUT2D eigenvalue weighted by molar-refractivity contribution is 5.76. The number of carbonyl (C=O) groups excluding carboxylic acids is 1. The second-order valence-corrected chi connectivity index (χ2v) is 3.40. The van der Waals surface area contributed by atoms with Crippen LogP contribution >= 0.6 is 0 Å². The molecule has 0 atom stereocenters. The lowest BCUT2D eigenvalue weighted by Crippen LogP contribution is -1.94. The van der Waals surface area contributed by atoms with Crippen molar-refractivity contribution in [3.63, 3.8) is 0 Å². The molecule has 0 aliphatic carbocycles. The Labute approximate surface area is 93.2 Å². The maximum Gasteiger partial charge on any atom is 0.266 e. The summed E-state index contributed by atoms with van der Waals surface area (Å²) in [5.41, 5.74) is 0. The van der Waals surface area contributed by atoms with Crippen molar-refractivity contribution in [2.75, 3.05) is 0 Å². The summed E-state index contributed by atoms with van der Waals surface area (Å²) in [5.74, 6) is -0.883. The van der Waals surface area contributed by atoms with E-state index in [0.717, 1.165) is 23.9 Å². The van der Waals surface area contributed by atoms with Gasteiger partial charge in [-0.15, -0.1) is 4.68 Å². The summed E-state index contributed by atoms with van der Waals surface area (Å²) in [6.07, 6.45) is 3.11. The van der Waals surface area contributed by atoms with Crippen LogP contribution in [0.25, 0.3) is 0 Å². The predicted octanol–water partition coefficient (Wildman–Crippen LogP) is 2.22. The van der Waals surface area contributed by atoms with Gasteiger partial charge >= 0.3 is 0 Å². The van der Waals surface area contributed by atoms with Gasteiger partial charge in [-0.1, -0.05) is 30.1 Å². The topological polar surface area (TPSA) is 87.2 Å². The lowest BCUT2D eigenvalue weighted by molar-refractivity contribution is -0.118. The molecule has 1 aromatic heterocycles. The third-order valence-electron chi connectivity index (χ3n) is 2.06. The molecule has 16 heavy (non-hydrogen) atoms. The highest BCUT2D eigenvalue weighted by Crippen LogP contribution is 2.20. The maximum atomic E-state index is 11.2. The monoisotopic (exact) mass is 225 g/mol. The van der Waals surface area contributed by atoms with Crippen molar-refractivity contribution in [1.82, 2.24) is 4.68 Å². The maximum absolute atomic E-state index is 11.2. The predicted molar refractivity (Wildman–Crippen MR) is 57.2 cm³/mol. The number of hydrogen-bond acceptors (Lipinski definition) is 4. The van der Waals surface area contributed by atoms with Gasteiger partial charge in [0, 0.05) is 18.6 Å². The van der Waals surface area contributed by atoms with Gasteiger partial charge in [-0.25, -0.2) is 0 Å². The first-order valence-corrected chi connectivity index (χ1v) is 5.19. The van der Waals surface area contributed by atoms with Crippen molar-refractivity contribution >= 4 is 5.91 Å². The first kappa shape index (κ1) is 12.2. The van der Waals surface area contributed by atoms with E-state index in [2.05, 4.69) is 10.3 Å². The minimum absolute atomic E-state index is 0.261. The van der Waals surface area contributed by atoms with Gasteiger partial charge in [-0.05, 0) is 6.42 Å². The Kier molecular flexibility index (Phi) is 4.50. The summed E-state index contributed by atoms with van der Waals surface area (Å²) >= 11 is 0. The quantitative estimate of drug-likeness (QED) is 0.595. The Morgan fingerprint density at radius 2 is 1.94 bits per heavy atom. The fraction of sp³-hybridized carbons (Fsp3) is 0.500. The van der Waals surface area contributed by atoms with Crippen molar-refractivity contribution in [3.8, 4) is 11.8 Å². The van der Waals surface area contributed by atoms with E-state index in [1.54, 1.807) is 0 Å². The van der Waals surface area contributed by atoms with Crippen LogP contribution in [0, 0.1) is 0 Å². The van der Waals surface area contributed by atoms with E-state index >= 15 is 0 Å².